The summed E-state index contributed by atoms with van der Waals surface area (Å²) in [5, 5.41) is -1.35. The Morgan fingerprint density at radius 2 is 1.79 bits per heavy atom. The van der Waals surface area contributed by atoms with Gasteiger partial charge in [-0.3, -0.25) is 4.79 Å². The van der Waals surface area contributed by atoms with Gasteiger partial charge in [-0.15, -0.1) is 0 Å². The lowest BCUT2D eigenvalue weighted by molar-refractivity contribution is -0.133. The molecule has 0 aromatic heterocycles. The molecule has 1 aliphatic heterocycles. The van der Waals surface area contributed by atoms with Gasteiger partial charge in [0.15, 0.2) is 0 Å². The second kappa shape index (κ2) is 9.20. The minimum atomic E-state index is -4.11. The van der Waals surface area contributed by atoms with Gasteiger partial charge in [0, 0.05) is 12.0 Å². The number of ether oxygens (including phenoxy) is 2. The maximum atomic E-state index is 15.0. The van der Waals surface area contributed by atoms with Crippen LogP contribution in [0.1, 0.15) is 64.3 Å². The van der Waals surface area contributed by atoms with E-state index in [1.807, 2.05) is 0 Å². The second-order valence-electron chi connectivity index (χ2n) is 9.63. The van der Waals surface area contributed by atoms with Gasteiger partial charge in [0.2, 0.25) is 15.9 Å². The minimum Gasteiger partial charge on any atom is -0.465 e. The molecule has 0 aliphatic carbocycles. The molecule has 0 spiro atoms. The summed E-state index contributed by atoms with van der Waals surface area (Å²) in [7, 11) is -3.00. The number of nitrogens with zero attached hydrogens (tertiary/aromatic N) is 2. The lowest BCUT2D eigenvalue weighted by Gasteiger charge is -2.30. The molecule has 0 saturated carbocycles. The molecule has 182 valence electrons. The number of amides is 2. The van der Waals surface area contributed by atoms with E-state index in [-0.39, 0.29) is 29.7 Å². The van der Waals surface area contributed by atoms with E-state index < -0.39 is 50.2 Å². The van der Waals surface area contributed by atoms with Crippen LogP contribution in [-0.4, -0.2) is 54.7 Å². The van der Waals surface area contributed by atoms with Gasteiger partial charge < -0.3 is 9.47 Å². The van der Waals surface area contributed by atoms with Crippen molar-refractivity contribution in [3.63, 3.8) is 0 Å². The molecule has 1 unspecified atom stereocenters. The van der Waals surface area contributed by atoms with Gasteiger partial charge >= 0.3 is 12.1 Å². The monoisotopic (exact) mass is 484 g/mol. The lowest BCUT2D eigenvalue weighted by atomic mass is 10.0. The third-order valence-electron chi connectivity index (χ3n) is 4.63. The molecular formula is C22H29FN2O7S. The molecule has 2 rings (SSSR count). The summed E-state index contributed by atoms with van der Waals surface area (Å²) >= 11 is 0. The fourth-order valence-electron chi connectivity index (χ4n) is 3.45. The third kappa shape index (κ3) is 6.16. The van der Waals surface area contributed by atoms with E-state index in [0.29, 0.717) is 0 Å². The fraction of sp³-hybridized carbons (Fsp3) is 0.545. The van der Waals surface area contributed by atoms with E-state index >= 15 is 0 Å². The summed E-state index contributed by atoms with van der Waals surface area (Å²) in [6.07, 6.45) is -1.63. The van der Waals surface area contributed by atoms with Crippen LogP contribution in [0.5, 0.6) is 0 Å². The van der Waals surface area contributed by atoms with Crippen molar-refractivity contribution in [3.05, 3.63) is 35.1 Å². The lowest BCUT2D eigenvalue weighted by Crippen LogP contribution is -2.45. The van der Waals surface area contributed by atoms with Crippen molar-refractivity contribution in [2.75, 3.05) is 7.11 Å². The van der Waals surface area contributed by atoms with Crippen molar-refractivity contribution >= 4 is 33.7 Å². The molecule has 0 N–H and O–H groups in total. The molecule has 33 heavy (non-hydrogen) atoms. The number of hydrogen-bond donors (Lipinski definition) is 0. The number of carbonyl (C=O) groups excluding carboxylic acids is 3. The van der Waals surface area contributed by atoms with Crippen LogP contribution in [0.4, 0.5) is 9.18 Å². The standard InChI is InChI=1S/C22H29FN2O7S/c1-21(2,3)25-18(26)12-17(33(25,29)30)14-9-8-13(10-15(14)23)11-16(19(27)31-7)24-20(28)32-22(4,5)6/h8-10,17H,11-12H2,1-7H3. The zero-order valence-electron chi connectivity index (χ0n) is 19.8. The van der Waals surface area contributed by atoms with Crippen LogP contribution < -0.4 is 0 Å². The van der Waals surface area contributed by atoms with Crippen LogP contribution in [-0.2, 0) is 35.5 Å². The van der Waals surface area contributed by atoms with Gasteiger partial charge in [0.25, 0.3) is 0 Å². The highest BCUT2D eigenvalue weighted by molar-refractivity contribution is 7.90. The van der Waals surface area contributed by atoms with Gasteiger partial charge in [-0.25, -0.2) is 26.7 Å². The number of carbonyl (C=O) groups is 3. The average Bonchev–Trinajstić information content (AvgIpc) is 2.87. The van der Waals surface area contributed by atoms with Gasteiger partial charge in [0.05, 0.1) is 19.1 Å². The number of rotatable bonds is 4. The Kier molecular flexibility index (Phi) is 7.37. The summed E-state index contributed by atoms with van der Waals surface area (Å²) in [5.74, 6) is -2.35. The Balaban J connectivity index is 2.36. The summed E-state index contributed by atoms with van der Waals surface area (Å²) in [4.78, 5) is 40.1. The van der Waals surface area contributed by atoms with E-state index in [4.69, 9.17) is 4.74 Å². The Bertz CT molecular complexity index is 1100. The molecule has 0 radical (unpaired) electrons. The zero-order chi connectivity index (χ0) is 25.4. The molecule has 1 fully saturated rings. The van der Waals surface area contributed by atoms with Gasteiger partial charge in [-0.05, 0) is 53.2 Å². The SMILES string of the molecule is COC(=O)C(Cc1ccc(C2CC(=O)N(C(C)(C)C)S2(=O)=O)c(F)c1)=NC(=O)OC(C)(C)C. The first-order valence-corrected chi connectivity index (χ1v) is 11.7. The van der Waals surface area contributed by atoms with Crippen LogP contribution >= 0.6 is 0 Å². The predicted octanol–water partition coefficient (Wildman–Crippen LogP) is 3.32. The molecule has 1 atom stereocenters. The van der Waals surface area contributed by atoms with E-state index in [1.54, 1.807) is 41.5 Å². The zero-order valence-corrected chi connectivity index (χ0v) is 20.6. The summed E-state index contributed by atoms with van der Waals surface area (Å²) in [5.41, 5.74) is -2.02. The Morgan fingerprint density at radius 3 is 2.24 bits per heavy atom. The van der Waals surface area contributed by atoms with E-state index in [9.17, 15) is 27.2 Å². The normalized spacial score (nSPS) is 18.9. The summed E-state index contributed by atoms with van der Waals surface area (Å²) < 4.78 is 51.3. The molecule has 11 heteroatoms. The van der Waals surface area contributed by atoms with E-state index in [0.717, 1.165) is 17.5 Å². The van der Waals surface area contributed by atoms with Gasteiger partial charge in [0.1, 0.15) is 22.4 Å². The molecule has 9 nitrogen and oxygen atoms in total. The van der Waals surface area contributed by atoms with E-state index in [2.05, 4.69) is 9.73 Å². The Morgan fingerprint density at radius 1 is 1.18 bits per heavy atom. The number of aliphatic imine (C=N–C) groups is 1. The highest BCUT2D eigenvalue weighted by Crippen LogP contribution is 2.41. The van der Waals surface area contributed by atoms with Crippen molar-refractivity contribution in [1.29, 1.82) is 0 Å². The molecule has 1 heterocycles. The molecule has 2 amide bonds. The largest absolute Gasteiger partial charge is 0.465 e. The highest BCUT2D eigenvalue weighted by atomic mass is 32.2. The fourth-order valence-corrected chi connectivity index (χ4v) is 5.69. The molecular weight excluding hydrogens is 455 g/mol. The molecule has 1 aromatic carbocycles. The van der Waals surface area contributed by atoms with Crippen molar-refractivity contribution < 1.29 is 36.7 Å². The van der Waals surface area contributed by atoms with Crippen molar-refractivity contribution in [2.45, 2.75) is 70.8 Å². The predicted molar refractivity (Wildman–Crippen MR) is 119 cm³/mol. The van der Waals surface area contributed by atoms with E-state index in [1.165, 1.54) is 12.1 Å². The number of halogens is 1. The Hall–Kier alpha value is -2.82. The van der Waals surface area contributed by atoms with Crippen LogP contribution in [0.15, 0.2) is 23.2 Å². The third-order valence-corrected chi connectivity index (χ3v) is 7.03. The molecule has 1 aromatic rings. The first kappa shape index (κ1) is 26.4. The highest BCUT2D eigenvalue weighted by Gasteiger charge is 2.50. The number of sulfonamides is 1. The van der Waals surface area contributed by atoms with Crippen LogP contribution in [0.2, 0.25) is 0 Å². The second-order valence-corrected chi connectivity index (χ2v) is 11.6. The first-order chi connectivity index (χ1) is 15.0. The number of esters is 1. The average molecular weight is 485 g/mol. The quantitative estimate of drug-likeness (QED) is 0.475. The van der Waals surface area contributed by atoms with Crippen LogP contribution in [0, 0.1) is 5.82 Å². The summed E-state index contributed by atoms with van der Waals surface area (Å²) in [6, 6.07) is 3.71. The van der Waals surface area contributed by atoms with Crippen molar-refractivity contribution in [2.24, 2.45) is 4.99 Å². The number of methoxy groups -OCH3 is 1. The molecule has 1 saturated heterocycles. The number of benzene rings is 1. The maximum Gasteiger partial charge on any atom is 0.434 e. The maximum absolute atomic E-state index is 15.0. The first-order valence-electron chi connectivity index (χ1n) is 10.2. The van der Waals surface area contributed by atoms with Gasteiger partial charge in [-0.2, -0.15) is 4.99 Å². The van der Waals surface area contributed by atoms with Crippen molar-refractivity contribution in [1.82, 2.24) is 4.31 Å². The molecule has 1 aliphatic rings. The smallest absolute Gasteiger partial charge is 0.434 e. The van der Waals surface area contributed by atoms with Gasteiger partial charge in [-0.1, -0.05) is 12.1 Å². The van der Waals surface area contributed by atoms with Crippen LogP contribution in [0.25, 0.3) is 0 Å². The Labute approximate surface area is 193 Å². The van der Waals surface area contributed by atoms with Crippen molar-refractivity contribution in [3.8, 4) is 0 Å². The summed E-state index contributed by atoms with van der Waals surface area (Å²) in [6.45, 7) is 9.66. The number of hydrogen-bond acceptors (Lipinski definition) is 7. The minimum absolute atomic E-state index is 0.150. The topological polar surface area (TPSA) is 119 Å². The van der Waals surface area contributed by atoms with Crippen LogP contribution in [0.3, 0.4) is 0 Å². The molecule has 0 bridgehead atoms.